The van der Waals surface area contributed by atoms with Crippen LogP contribution >= 0.6 is 11.6 Å². The van der Waals surface area contributed by atoms with Crippen molar-refractivity contribution in [2.75, 3.05) is 11.5 Å². The number of carbonyl (C=O) groups excluding carboxylic acids is 2. The van der Waals surface area contributed by atoms with Crippen LogP contribution in [0.1, 0.15) is 40.5 Å². The van der Waals surface area contributed by atoms with Gasteiger partial charge in [-0.1, -0.05) is 25.4 Å². The highest BCUT2D eigenvalue weighted by molar-refractivity contribution is 6.31. The summed E-state index contributed by atoms with van der Waals surface area (Å²) in [6.45, 7) is 7.47. The van der Waals surface area contributed by atoms with E-state index in [0.717, 1.165) is 6.42 Å². The van der Waals surface area contributed by atoms with Crippen molar-refractivity contribution in [3.8, 4) is 5.75 Å². The first-order chi connectivity index (χ1) is 10.8. The van der Waals surface area contributed by atoms with Gasteiger partial charge in [0.25, 0.3) is 5.91 Å². The highest BCUT2D eigenvalue weighted by atomic mass is 35.5. The smallest absolute Gasteiger partial charge is 0.329 e. The number of amides is 1. The molecule has 1 amide bonds. The second-order valence-electron chi connectivity index (χ2n) is 5.99. The molecule has 1 unspecified atom stereocenters. The molecule has 0 saturated heterocycles. The molecule has 6 heteroatoms. The van der Waals surface area contributed by atoms with Gasteiger partial charge in [-0.3, -0.25) is 9.69 Å². The third-order valence-corrected chi connectivity index (χ3v) is 3.93. The third-order valence-electron chi connectivity index (χ3n) is 3.70. The van der Waals surface area contributed by atoms with E-state index in [4.69, 9.17) is 21.1 Å². The van der Waals surface area contributed by atoms with Gasteiger partial charge < -0.3 is 9.47 Å². The van der Waals surface area contributed by atoms with E-state index in [-0.39, 0.29) is 5.91 Å². The number of halogens is 1. The van der Waals surface area contributed by atoms with Gasteiger partial charge in [0.05, 0.1) is 12.3 Å². The van der Waals surface area contributed by atoms with Crippen molar-refractivity contribution in [2.24, 2.45) is 0 Å². The van der Waals surface area contributed by atoms with Crippen molar-refractivity contribution < 1.29 is 19.1 Å². The van der Waals surface area contributed by atoms with Gasteiger partial charge in [-0.15, -0.1) is 0 Å². The number of esters is 1. The van der Waals surface area contributed by atoms with E-state index >= 15 is 0 Å². The standard InChI is InChI=1S/C17H22ClNO4/c1-5-9-22-15(20)12(6-2)19-13-10-11(18)7-8-14(13)23-17(3,4)16(19)21/h7-8,10,12H,5-6,9H2,1-4H3. The lowest BCUT2D eigenvalue weighted by Gasteiger charge is -2.41. The van der Waals surface area contributed by atoms with Crippen LogP contribution in [0.15, 0.2) is 18.2 Å². The van der Waals surface area contributed by atoms with Gasteiger partial charge in [-0.2, -0.15) is 0 Å². The predicted octanol–water partition coefficient (Wildman–Crippen LogP) is 3.58. The molecule has 23 heavy (non-hydrogen) atoms. The largest absolute Gasteiger partial charge is 0.476 e. The normalized spacial score (nSPS) is 17.3. The van der Waals surface area contributed by atoms with Crippen LogP contribution in [0.4, 0.5) is 5.69 Å². The van der Waals surface area contributed by atoms with Crippen molar-refractivity contribution in [1.29, 1.82) is 0 Å². The van der Waals surface area contributed by atoms with Crippen LogP contribution in [0.25, 0.3) is 0 Å². The molecule has 2 rings (SSSR count). The molecule has 0 aromatic heterocycles. The Hall–Kier alpha value is -1.75. The number of nitrogens with zero attached hydrogens (tertiary/aromatic N) is 1. The quantitative estimate of drug-likeness (QED) is 0.769. The maximum absolute atomic E-state index is 12.8. The van der Waals surface area contributed by atoms with E-state index < -0.39 is 17.6 Å². The summed E-state index contributed by atoms with van der Waals surface area (Å²) >= 11 is 6.06. The number of hydrogen-bond acceptors (Lipinski definition) is 4. The number of hydrogen-bond donors (Lipinski definition) is 0. The van der Waals surface area contributed by atoms with Gasteiger partial charge in [0, 0.05) is 5.02 Å². The van der Waals surface area contributed by atoms with Crippen molar-refractivity contribution in [3.05, 3.63) is 23.2 Å². The number of carbonyl (C=O) groups is 2. The molecule has 0 N–H and O–H groups in total. The minimum atomic E-state index is -1.06. The van der Waals surface area contributed by atoms with Crippen LogP contribution < -0.4 is 9.64 Å². The molecular formula is C17H22ClNO4. The molecule has 0 spiro atoms. The van der Waals surface area contributed by atoms with Crippen LogP contribution in [0.3, 0.4) is 0 Å². The van der Waals surface area contributed by atoms with Gasteiger partial charge >= 0.3 is 5.97 Å². The summed E-state index contributed by atoms with van der Waals surface area (Å²) in [7, 11) is 0. The minimum absolute atomic E-state index is 0.285. The van der Waals surface area contributed by atoms with E-state index in [1.165, 1.54) is 4.90 Å². The van der Waals surface area contributed by atoms with E-state index in [2.05, 4.69) is 0 Å². The topological polar surface area (TPSA) is 55.8 Å². The Morgan fingerprint density at radius 2 is 2.09 bits per heavy atom. The lowest BCUT2D eigenvalue weighted by atomic mass is 10.0. The molecule has 1 aliphatic rings. The summed E-state index contributed by atoms with van der Waals surface area (Å²) in [5.41, 5.74) is -0.554. The zero-order chi connectivity index (χ0) is 17.2. The van der Waals surface area contributed by atoms with Crippen molar-refractivity contribution in [1.82, 2.24) is 0 Å². The van der Waals surface area contributed by atoms with Gasteiger partial charge in [0.15, 0.2) is 5.60 Å². The second-order valence-corrected chi connectivity index (χ2v) is 6.43. The Kier molecular flexibility index (Phi) is 5.19. The minimum Gasteiger partial charge on any atom is -0.476 e. The van der Waals surface area contributed by atoms with E-state index in [9.17, 15) is 9.59 Å². The van der Waals surface area contributed by atoms with Crippen LogP contribution in [0.2, 0.25) is 5.02 Å². The van der Waals surface area contributed by atoms with Crippen LogP contribution in [0, 0.1) is 0 Å². The van der Waals surface area contributed by atoms with Crippen molar-refractivity contribution in [2.45, 2.75) is 52.2 Å². The van der Waals surface area contributed by atoms with Gasteiger partial charge in [-0.05, 0) is 44.9 Å². The Morgan fingerprint density at radius 3 is 2.70 bits per heavy atom. The molecule has 0 fully saturated rings. The van der Waals surface area contributed by atoms with E-state index in [0.29, 0.717) is 29.5 Å². The van der Waals surface area contributed by atoms with Crippen LogP contribution in [0.5, 0.6) is 5.75 Å². The highest BCUT2D eigenvalue weighted by Gasteiger charge is 2.45. The summed E-state index contributed by atoms with van der Waals surface area (Å²) in [4.78, 5) is 26.7. The zero-order valence-electron chi connectivity index (χ0n) is 13.9. The molecule has 5 nitrogen and oxygen atoms in total. The fourth-order valence-corrected chi connectivity index (χ4v) is 2.71. The van der Waals surface area contributed by atoms with Crippen molar-refractivity contribution in [3.63, 3.8) is 0 Å². The molecule has 1 aliphatic heterocycles. The summed E-state index contributed by atoms with van der Waals surface area (Å²) in [6, 6.07) is 4.35. The molecule has 1 heterocycles. The summed E-state index contributed by atoms with van der Waals surface area (Å²) in [5, 5.41) is 0.474. The molecular weight excluding hydrogens is 318 g/mol. The van der Waals surface area contributed by atoms with Gasteiger partial charge in [-0.25, -0.2) is 4.79 Å². The highest BCUT2D eigenvalue weighted by Crippen LogP contribution is 2.41. The number of anilines is 1. The fourth-order valence-electron chi connectivity index (χ4n) is 2.55. The number of benzene rings is 1. The number of fused-ring (bicyclic) bond motifs is 1. The lowest BCUT2D eigenvalue weighted by Crippen LogP contribution is -2.58. The first-order valence-electron chi connectivity index (χ1n) is 7.80. The van der Waals surface area contributed by atoms with E-state index in [1.54, 1.807) is 32.0 Å². The SMILES string of the molecule is CCCOC(=O)C(CC)N1C(=O)C(C)(C)Oc2ccc(Cl)cc21. The Morgan fingerprint density at radius 1 is 1.39 bits per heavy atom. The Balaban J connectivity index is 2.47. The molecule has 0 bridgehead atoms. The first kappa shape index (κ1) is 17.6. The maximum atomic E-state index is 12.8. The summed E-state index contributed by atoms with van der Waals surface area (Å²) in [6.07, 6.45) is 1.17. The van der Waals surface area contributed by atoms with Crippen LogP contribution in [-0.2, 0) is 14.3 Å². The third kappa shape index (κ3) is 3.44. The molecule has 0 saturated carbocycles. The average molecular weight is 340 g/mol. The van der Waals surface area contributed by atoms with Gasteiger partial charge in [0.1, 0.15) is 11.8 Å². The molecule has 1 aromatic carbocycles. The molecule has 126 valence electrons. The lowest BCUT2D eigenvalue weighted by molar-refractivity contribution is -0.148. The predicted molar refractivity (Wildman–Crippen MR) is 89.0 cm³/mol. The monoisotopic (exact) mass is 339 g/mol. The molecule has 1 atom stereocenters. The Labute approximate surface area is 141 Å². The van der Waals surface area contributed by atoms with Gasteiger partial charge in [0.2, 0.25) is 0 Å². The summed E-state index contributed by atoms with van der Waals surface area (Å²) in [5.74, 6) is -0.167. The first-order valence-corrected chi connectivity index (χ1v) is 8.18. The Bertz CT molecular complexity index is 615. The van der Waals surface area contributed by atoms with Crippen LogP contribution in [-0.4, -0.2) is 30.1 Å². The summed E-state index contributed by atoms with van der Waals surface area (Å²) < 4.78 is 11.0. The number of ether oxygens (including phenoxy) is 2. The fraction of sp³-hybridized carbons (Fsp3) is 0.529. The number of rotatable bonds is 5. The van der Waals surface area contributed by atoms with Crippen molar-refractivity contribution >= 4 is 29.2 Å². The molecule has 0 aliphatic carbocycles. The maximum Gasteiger partial charge on any atom is 0.329 e. The second kappa shape index (κ2) is 6.79. The average Bonchev–Trinajstić information content (AvgIpc) is 2.50. The van der Waals surface area contributed by atoms with E-state index in [1.807, 2.05) is 13.8 Å². The molecule has 1 aromatic rings. The molecule has 0 radical (unpaired) electrons. The zero-order valence-corrected chi connectivity index (χ0v) is 14.6.